The van der Waals surface area contributed by atoms with Gasteiger partial charge < -0.3 is 25.6 Å². The number of hydrogen-bond acceptors (Lipinski definition) is 10. The maximum Gasteiger partial charge on any atom is 0.273 e. The zero-order valence-electron chi connectivity index (χ0n) is 22.6. The van der Waals surface area contributed by atoms with E-state index in [-0.39, 0.29) is 52.9 Å². The van der Waals surface area contributed by atoms with E-state index < -0.39 is 11.8 Å². The molecule has 4 N–H and O–H groups in total. The quantitative estimate of drug-likeness (QED) is 0.329. The molecule has 0 saturated carbocycles. The van der Waals surface area contributed by atoms with Gasteiger partial charge in [-0.25, -0.2) is 0 Å². The molecule has 1 aromatic carbocycles. The number of aryl methyl sites for hydroxylation is 1. The van der Waals surface area contributed by atoms with Crippen LogP contribution in [0, 0.1) is 0 Å². The van der Waals surface area contributed by atoms with E-state index in [0.29, 0.717) is 56.1 Å². The molecule has 2 saturated heterocycles. The van der Waals surface area contributed by atoms with Crippen LogP contribution in [0.1, 0.15) is 51.5 Å². The Balaban J connectivity index is 1.20. The second-order valence-corrected chi connectivity index (χ2v) is 10.5. The Kier molecular flexibility index (Phi) is 7.88. The molecule has 216 valence electrons. The lowest BCUT2D eigenvalue weighted by atomic mass is 9.93. The fourth-order valence-corrected chi connectivity index (χ4v) is 5.82. The molecule has 0 bridgehead atoms. The third-order valence-electron chi connectivity index (χ3n) is 7.17. The smallest absolute Gasteiger partial charge is 0.273 e. The maximum atomic E-state index is 13.0. The number of nitrogens with one attached hydrogen (secondary N) is 2. The van der Waals surface area contributed by atoms with Crippen molar-refractivity contribution in [2.45, 2.75) is 25.7 Å². The number of fused-ring (bicyclic) bond motifs is 1. The van der Waals surface area contributed by atoms with Gasteiger partial charge in [0, 0.05) is 51.6 Å². The Labute approximate surface area is 238 Å². The molecule has 0 spiro atoms. The number of aromatic nitrogens is 3. The lowest BCUT2D eigenvalue weighted by Gasteiger charge is -2.34. The summed E-state index contributed by atoms with van der Waals surface area (Å²) in [5, 5.41) is 10.2. The summed E-state index contributed by atoms with van der Waals surface area (Å²) in [6.45, 7) is 3.19. The fraction of sp³-hybridized carbons (Fsp3) is 0.423. The lowest BCUT2D eigenvalue weighted by Crippen LogP contribution is -2.51. The van der Waals surface area contributed by atoms with E-state index in [1.807, 2.05) is 6.07 Å². The highest BCUT2D eigenvalue weighted by molar-refractivity contribution is 7.09. The van der Waals surface area contributed by atoms with Crippen LogP contribution in [-0.4, -0.2) is 92.8 Å². The zero-order valence-corrected chi connectivity index (χ0v) is 23.5. The highest BCUT2D eigenvalue weighted by Gasteiger charge is 2.33. The van der Waals surface area contributed by atoms with E-state index >= 15 is 0 Å². The second kappa shape index (κ2) is 11.5. The molecule has 15 heteroatoms. The summed E-state index contributed by atoms with van der Waals surface area (Å²) in [5.41, 5.74) is 7.34. The summed E-state index contributed by atoms with van der Waals surface area (Å²) < 4.78 is 11.6. The normalized spacial score (nSPS) is 17.5. The molecule has 5 amide bonds. The predicted octanol–water partition coefficient (Wildman–Crippen LogP) is 0.245. The molecule has 4 heterocycles. The van der Waals surface area contributed by atoms with Crippen molar-refractivity contribution in [1.82, 2.24) is 34.6 Å². The molecular weight excluding hydrogens is 552 g/mol. The van der Waals surface area contributed by atoms with Crippen molar-refractivity contribution in [2.24, 2.45) is 7.05 Å². The van der Waals surface area contributed by atoms with E-state index in [4.69, 9.17) is 10.5 Å². The van der Waals surface area contributed by atoms with Gasteiger partial charge >= 0.3 is 0 Å². The number of ether oxygens (including phenoxy) is 1. The first-order chi connectivity index (χ1) is 19.7. The molecule has 2 aliphatic rings. The third kappa shape index (κ3) is 5.44. The Bertz CT molecular complexity index is 1540. The van der Waals surface area contributed by atoms with Gasteiger partial charge in [0.15, 0.2) is 12.3 Å². The van der Waals surface area contributed by atoms with Crippen molar-refractivity contribution in [3.05, 3.63) is 34.5 Å². The highest BCUT2D eigenvalue weighted by atomic mass is 32.1. The lowest BCUT2D eigenvalue weighted by molar-refractivity contribution is -0.135. The van der Waals surface area contributed by atoms with Crippen molar-refractivity contribution >= 4 is 57.7 Å². The second-order valence-electron chi connectivity index (χ2n) is 9.76. The number of imide groups is 1. The van der Waals surface area contributed by atoms with Crippen LogP contribution in [0.25, 0.3) is 10.9 Å². The average molecular weight is 583 g/mol. The predicted molar refractivity (Wildman–Crippen MR) is 148 cm³/mol. The number of benzene rings is 1. The molecule has 3 aromatic rings. The standard InChI is InChI=1S/C26H30N8O6S/c1-3-28-25(38)21-19(27)23(41-31-21)26(39)34-11-9-33(10-12-34)18(36)13-40-16-6-4-5-14-20(30-32(2)22(14)16)15-7-8-17(35)29-24(15)37/h4-6,15H,3,7-13,27H2,1-2H3,(H,28,38)(H,29,35,37). The molecule has 2 aliphatic heterocycles. The van der Waals surface area contributed by atoms with Crippen LogP contribution in [-0.2, 0) is 21.4 Å². The number of carbonyl (C=O) groups is 5. The van der Waals surface area contributed by atoms with Gasteiger partial charge in [0.05, 0.1) is 17.3 Å². The van der Waals surface area contributed by atoms with Gasteiger partial charge in [0.25, 0.3) is 17.7 Å². The number of nitrogens with two attached hydrogens (primary N) is 1. The summed E-state index contributed by atoms with van der Waals surface area (Å²) in [6.07, 6.45) is 0.618. The first kappa shape index (κ1) is 28.0. The number of anilines is 1. The van der Waals surface area contributed by atoms with Gasteiger partial charge in [-0.15, -0.1) is 0 Å². The molecule has 41 heavy (non-hydrogen) atoms. The zero-order chi connectivity index (χ0) is 29.3. The SMILES string of the molecule is CCNC(=O)c1nsc(C(=O)N2CCN(C(=O)COc3cccc4c(C5CCC(=O)NC5=O)nn(C)c34)CC2)c1N. The molecule has 5 rings (SSSR count). The van der Waals surface area contributed by atoms with E-state index in [1.54, 1.807) is 40.6 Å². The first-order valence-corrected chi connectivity index (χ1v) is 14.0. The number of nitrogens with zero attached hydrogens (tertiary/aromatic N) is 5. The molecule has 1 unspecified atom stereocenters. The monoisotopic (exact) mass is 582 g/mol. The Hall–Kier alpha value is -4.53. The van der Waals surface area contributed by atoms with Gasteiger partial charge in [-0.1, -0.05) is 12.1 Å². The van der Waals surface area contributed by atoms with Crippen molar-refractivity contribution in [3.63, 3.8) is 0 Å². The average Bonchev–Trinajstić information content (AvgIpc) is 3.51. The largest absolute Gasteiger partial charge is 0.481 e. The minimum atomic E-state index is -0.548. The van der Waals surface area contributed by atoms with Crippen molar-refractivity contribution in [2.75, 3.05) is 45.1 Å². The van der Waals surface area contributed by atoms with Gasteiger partial charge in [-0.05, 0) is 30.9 Å². The number of carbonyl (C=O) groups excluding carboxylic acids is 5. The fourth-order valence-electron chi connectivity index (χ4n) is 5.05. The first-order valence-electron chi connectivity index (χ1n) is 13.2. The summed E-state index contributed by atoms with van der Waals surface area (Å²) >= 11 is 0.886. The van der Waals surface area contributed by atoms with E-state index in [0.717, 1.165) is 16.9 Å². The van der Waals surface area contributed by atoms with Gasteiger partial charge in [-0.3, -0.25) is 34.0 Å². The van der Waals surface area contributed by atoms with Crippen LogP contribution in [0.4, 0.5) is 5.69 Å². The van der Waals surface area contributed by atoms with Crippen molar-refractivity contribution in [3.8, 4) is 5.75 Å². The van der Waals surface area contributed by atoms with E-state index in [2.05, 4.69) is 20.1 Å². The molecule has 2 fully saturated rings. The molecule has 1 atom stereocenters. The Morgan fingerprint density at radius 2 is 1.90 bits per heavy atom. The van der Waals surface area contributed by atoms with Crippen LogP contribution in [0.15, 0.2) is 18.2 Å². The van der Waals surface area contributed by atoms with Crippen LogP contribution in [0.5, 0.6) is 5.75 Å². The molecule has 14 nitrogen and oxygen atoms in total. The molecular formula is C26H30N8O6S. The summed E-state index contributed by atoms with van der Waals surface area (Å²) in [7, 11) is 1.73. The van der Waals surface area contributed by atoms with Crippen LogP contribution in [0.2, 0.25) is 0 Å². The molecule has 2 aromatic heterocycles. The van der Waals surface area contributed by atoms with Gasteiger partial charge in [-0.2, -0.15) is 9.47 Å². The third-order valence-corrected chi connectivity index (χ3v) is 8.02. The number of piperidine rings is 1. The number of piperazine rings is 1. The highest BCUT2D eigenvalue weighted by Crippen LogP contribution is 2.34. The minimum absolute atomic E-state index is 0.0406. The Morgan fingerprint density at radius 1 is 1.17 bits per heavy atom. The number of hydrogen-bond donors (Lipinski definition) is 3. The topological polar surface area (TPSA) is 182 Å². The number of amides is 5. The number of nitrogen functional groups attached to an aromatic ring is 1. The molecule has 0 radical (unpaired) electrons. The van der Waals surface area contributed by atoms with Gasteiger partial charge in [0.1, 0.15) is 16.1 Å². The van der Waals surface area contributed by atoms with Crippen LogP contribution in [0.3, 0.4) is 0 Å². The van der Waals surface area contributed by atoms with Crippen molar-refractivity contribution < 1.29 is 28.7 Å². The van der Waals surface area contributed by atoms with E-state index in [9.17, 15) is 24.0 Å². The van der Waals surface area contributed by atoms with Crippen LogP contribution < -0.4 is 21.1 Å². The Morgan fingerprint density at radius 3 is 2.61 bits per heavy atom. The minimum Gasteiger partial charge on any atom is -0.481 e. The van der Waals surface area contributed by atoms with Crippen LogP contribution >= 0.6 is 11.5 Å². The summed E-state index contributed by atoms with van der Waals surface area (Å²) in [6, 6.07) is 5.34. The summed E-state index contributed by atoms with van der Waals surface area (Å²) in [5.74, 6) is -1.76. The summed E-state index contributed by atoms with van der Waals surface area (Å²) in [4.78, 5) is 65.5. The number of para-hydroxylation sites is 1. The van der Waals surface area contributed by atoms with Crippen molar-refractivity contribution in [1.29, 1.82) is 0 Å². The van der Waals surface area contributed by atoms with Gasteiger partial charge in [0.2, 0.25) is 11.8 Å². The maximum absolute atomic E-state index is 13.0. The number of rotatable bonds is 7. The van der Waals surface area contributed by atoms with E-state index in [1.165, 1.54) is 0 Å². The molecule has 0 aliphatic carbocycles.